The molecule has 0 spiro atoms. The Labute approximate surface area is 183 Å². The Morgan fingerprint density at radius 1 is 1.13 bits per heavy atom. The Hall–Kier alpha value is -1.66. The molecule has 1 saturated heterocycles. The van der Waals surface area contributed by atoms with Crippen LogP contribution in [0.4, 0.5) is 5.82 Å². The molecule has 2 aliphatic heterocycles. The van der Waals surface area contributed by atoms with Gasteiger partial charge in [0.25, 0.3) is 0 Å². The zero-order valence-corrected chi connectivity index (χ0v) is 19.3. The number of amides is 1. The van der Waals surface area contributed by atoms with Crippen molar-refractivity contribution >= 4 is 11.7 Å². The van der Waals surface area contributed by atoms with Gasteiger partial charge in [-0.1, -0.05) is 39.7 Å². The van der Waals surface area contributed by atoms with Gasteiger partial charge in [0.1, 0.15) is 5.82 Å². The SMILES string of the molecule is CC.CCCCNc1ccc2c(n1)CCN(CC(=O)N1CCN(C3CCC3)CC1)C2. The van der Waals surface area contributed by atoms with Crippen LogP contribution in [0.15, 0.2) is 12.1 Å². The fourth-order valence-electron chi connectivity index (χ4n) is 4.48. The lowest BCUT2D eigenvalue weighted by molar-refractivity contribution is -0.135. The highest BCUT2D eigenvalue weighted by Crippen LogP contribution is 2.25. The number of hydrogen-bond acceptors (Lipinski definition) is 5. The molecule has 0 radical (unpaired) electrons. The summed E-state index contributed by atoms with van der Waals surface area (Å²) in [6.45, 7) is 13.4. The lowest BCUT2D eigenvalue weighted by atomic mass is 9.91. The van der Waals surface area contributed by atoms with E-state index in [0.29, 0.717) is 12.5 Å². The van der Waals surface area contributed by atoms with Crippen molar-refractivity contribution in [3.8, 4) is 0 Å². The predicted octanol–water partition coefficient (Wildman–Crippen LogP) is 3.37. The highest BCUT2D eigenvalue weighted by atomic mass is 16.2. The van der Waals surface area contributed by atoms with Gasteiger partial charge in [0.2, 0.25) is 5.91 Å². The van der Waals surface area contributed by atoms with Gasteiger partial charge in [-0.3, -0.25) is 14.6 Å². The van der Waals surface area contributed by atoms with Crippen LogP contribution in [0.2, 0.25) is 0 Å². The van der Waals surface area contributed by atoms with Crippen LogP contribution in [0, 0.1) is 0 Å². The van der Waals surface area contributed by atoms with Gasteiger partial charge in [0.15, 0.2) is 0 Å². The molecule has 0 aromatic carbocycles. The quantitative estimate of drug-likeness (QED) is 0.692. The van der Waals surface area contributed by atoms with Gasteiger partial charge in [0.05, 0.1) is 6.54 Å². The van der Waals surface area contributed by atoms with E-state index < -0.39 is 0 Å². The molecule has 2 fully saturated rings. The van der Waals surface area contributed by atoms with E-state index in [2.05, 4.69) is 39.1 Å². The molecule has 0 atom stereocenters. The summed E-state index contributed by atoms with van der Waals surface area (Å²) >= 11 is 0. The molecule has 168 valence electrons. The number of carbonyl (C=O) groups is 1. The Morgan fingerprint density at radius 2 is 1.90 bits per heavy atom. The Kier molecular flexibility index (Phi) is 8.94. The van der Waals surface area contributed by atoms with E-state index in [1.54, 1.807) is 0 Å². The molecule has 1 aromatic heterocycles. The first-order chi connectivity index (χ1) is 14.7. The second-order valence-electron chi connectivity index (χ2n) is 8.54. The molecule has 0 unspecified atom stereocenters. The third kappa shape index (κ3) is 5.94. The molecular weight excluding hydrogens is 374 g/mol. The lowest BCUT2D eigenvalue weighted by Crippen LogP contribution is -2.55. The van der Waals surface area contributed by atoms with Crippen molar-refractivity contribution in [2.75, 3.05) is 51.1 Å². The number of hydrogen-bond donors (Lipinski definition) is 1. The minimum Gasteiger partial charge on any atom is -0.370 e. The molecule has 1 aliphatic carbocycles. The van der Waals surface area contributed by atoms with E-state index in [-0.39, 0.29) is 0 Å². The number of unbranched alkanes of at least 4 members (excludes halogenated alkanes) is 1. The van der Waals surface area contributed by atoms with Gasteiger partial charge in [-0.25, -0.2) is 4.98 Å². The highest BCUT2D eigenvalue weighted by Gasteiger charge is 2.30. The molecule has 6 nitrogen and oxygen atoms in total. The van der Waals surface area contributed by atoms with Gasteiger partial charge < -0.3 is 10.2 Å². The van der Waals surface area contributed by atoms with Crippen LogP contribution in [-0.2, 0) is 17.8 Å². The summed E-state index contributed by atoms with van der Waals surface area (Å²) in [5.74, 6) is 1.28. The average Bonchev–Trinajstić information content (AvgIpc) is 2.75. The number of fused-ring (bicyclic) bond motifs is 1. The second kappa shape index (κ2) is 11.7. The Morgan fingerprint density at radius 3 is 2.57 bits per heavy atom. The number of nitrogens with one attached hydrogen (secondary N) is 1. The number of carbonyl (C=O) groups excluding carboxylic acids is 1. The second-order valence-corrected chi connectivity index (χ2v) is 8.54. The van der Waals surface area contributed by atoms with Crippen LogP contribution in [0.1, 0.15) is 64.1 Å². The van der Waals surface area contributed by atoms with E-state index in [1.165, 1.54) is 43.4 Å². The minimum absolute atomic E-state index is 0.294. The van der Waals surface area contributed by atoms with E-state index in [1.807, 2.05) is 13.8 Å². The molecule has 30 heavy (non-hydrogen) atoms. The third-order valence-corrected chi connectivity index (χ3v) is 6.58. The van der Waals surface area contributed by atoms with Gasteiger partial charge in [-0.2, -0.15) is 0 Å². The molecular formula is C24H41N5O. The maximum absolute atomic E-state index is 12.8. The molecule has 1 aromatic rings. The number of aromatic nitrogens is 1. The number of nitrogens with zero attached hydrogens (tertiary/aromatic N) is 4. The first-order valence-corrected chi connectivity index (χ1v) is 12.2. The number of anilines is 1. The van der Waals surface area contributed by atoms with Crippen molar-refractivity contribution in [1.82, 2.24) is 19.7 Å². The predicted molar refractivity (Wildman–Crippen MR) is 124 cm³/mol. The Balaban J connectivity index is 0.00000124. The molecule has 0 bridgehead atoms. The van der Waals surface area contributed by atoms with Crippen LogP contribution in [-0.4, -0.2) is 77.4 Å². The first kappa shape index (κ1) is 23.0. The molecule has 3 aliphatic rings. The number of rotatable bonds is 7. The van der Waals surface area contributed by atoms with Crippen molar-refractivity contribution in [3.63, 3.8) is 0 Å². The van der Waals surface area contributed by atoms with E-state index in [9.17, 15) is 4.79 Å². The smallest absolute Gasteiger partial charge is 0.236 e. The van der Waals surface area contributed by atoms with E-state index >= 15 is 0 Å². The molecule has 1 amide bonds. The monoisotopic (exact) mass is 415 g/mol. The highest BCUT2D eigenvalue weighted by molar-refractivity contribution is 5.78. The molecule has 4 rings (SSSR count). The van der Waals surface area contributed by atoms with Gasteiger partial charge in [-0.15, -0.1) is 0 Å². The summed E-state index contributed by atoms with van der Waals surface area (Å²) in [6.07, 6.45) is 7.38. The summed E-state index contributed by atoms with van der Waals surface area (Å²) < 4.78 is 0. The van der Waals surface area contributed by atoms with Gasteiger partial charge in [0, 0.05) is 64.0 Å². The maximum atomic E-state index is 12.8. The van der Waals surface area contributed by atoms with Crippen molar-refractivity contribution in [1.29, 1.82) is 0 Å². The summed E-state index contributed by atoms with van der Waals surface area (Å²) in [5.41, 5.74) is 2.47. The summed E-state index contributed by atoms with van der Waals surface area (Å²) in [4.78, 5) is 24.5. The first-order valence-electron chi connectivity index (χ1n) is 12.2. The summed E-state index contributed by atoms with van der Waals surface area (Å²) in [6, 6.07) is 5.06. The maximum Gasteiger partial charge on any atom is 0.236 e. The lowest BCUT2D eigenvalue weighted by Gasteiger charge is -2.43. The van der Waals surface area contributed by atoms with Crippen LogP contribution < -0.4 is 5.32 Å². The van der Waals surface area contributed by atoms with Crippen molar-refractivity contribution in [3.05, 3.63) is 23.4 Å². The fourth-order valence-corrected chi connectivity index (χ4v) is 4.48. The van der Waals surface area contributed by atoms with Crippen LogP contribution >= 0.6 is 0 Å². The largest absolute Gasteiger partial charge is 0.370 e. The molecule has 1 saturated carbocycles. The fraction of sp³-hybridized carbons (Fsp3) is 0.750. The van der Waals surface area contributed by atoms with Gasteiger partial charge >= 0.3 is 0 Å². The molecule has 3 heterocycles. The van der Waals surface area contributed by atoms with Crippen LogP contribution in [0.3, 0.4) is 0 Å². The third-order valence-electron chi connectivity index (χ3n) is 6.58. The van der Waals surface area contributed by atoms with Crippen LogP contribution in [0.25, 0.3) is 0 Å². The standard InChI is InChI=1S/C22H35N5O.C2H6/c1-2-3-10-23-21-8-7-18-16-25(11-9-20(18)24-21)17-22(28)27-14-12-26(13-15-27)19-5-4-6-19;1-2/h7-8,19H,2-6,9-17H2,1H3,(H,23,24);1-2H3. The Bertz CT molecular complexity index is 668. The van der Waals surface area contributed by atoms with E-state index in [0.717, 1.165) is 64.1 Å². The summed E-state index contributed by atoms with van der Waals surface area (Å²) in [7, 11) is 0. The minimum atomic E-state index is 0.294. The van der Waals surface area contributed by atoms with Crippen molar-refractivity contribution < 1.29 is 4.79 Å². The van der Waals surface area contributed by atoms with Crippen molar-refractivity contribution in [2.45, 2.75) is 71.9 Å². The zero-order chi connectivity index (χ0) is 21.3. The number of pyridine rings is 1. The van der Waals surface area contributed by atoms with Crippen molar-refractivity contribution in [2.24, 2.45) is 0 Å². The van der Waals surface area contributed by atoms with Crippen LogP contribution in [0.5, 0.6) is 0 Å². The zero-order valence-electron chi connectivity index (χ0n) is 19.3. The van der Waals surface area contributed by atoms with E-state index in [4.69, 9.17) is 4.98 Å². The topological polar surface area (TPSA) is 51.7 Å². The normalized spacial score (nSPS) is 20.0. The van der Waals surface area contributed by atoms with Gasteiger partial charge in [-0.05, 0) is 30.9 Å². The summed E-state index contributed by atoms with van der Waals surface area (Å²) in [5, 5.41) is 3.41. The molecule has 6 heteroatoms. The molecule has 1 N–H and O–H groups in total. The average molecular weight is 416 g/mol. The number of piperazine rings is 1.